The van der Waals surface area contributed by atoms with Crippen LogP contribution in [0.5, 0.6) is 0 Å². The zero-order valence-electron chi connectivity index (χ0n) is 7.34. The summed E-state index contributed by atoms with van der Waals surface area (Å²) in [7, 11) is 0. The highest BCUT2D eigenvalue weighted by Gasteiger charge is 2.07. The monoisotopic (exact) mass is 190 g/mol. The molecule has 0 aromatic heterocycles. The minimum atomic E-state index is 0.612. The summed E-state index contributed by atoms with van der Waals surface area (Å²) in [6.07, 6.45) is 1.72. The van der Waals surface area contributed by atoms with Crippen molar-refractivity contribution in [1.29, 1.82) is 5.26 Å². The highest BCUT2D eigenvalue weighted by Crippen LogP contribution is 2.25. The average molecular weight is 191 g/mol. The Morgan fingerprint density at radius 3 is 2.85 bits per heavy atom. The van der Waals surface area contributed by atoms with Crippen molar-refractivity contribution in [1.82, 2.24) is 0 Å². The number of rotatable bonds is 2. The summed E-state index contributed by atoms with van der Waals surface area (Å²) in [5.74, 6) is 0.974. The normalized spacial score (nSPS) is 9.69. The van der Waals surface area contributed by atoms with E-state index < -0.39 is 0 Å². The summed E-state index contributed by atoms with van der Waals surface area (Å²) in [6.45, 7) is 5.57. The Hall–Kier alpha value is -1.26. The molecule has 0 amide bonds. The van der Waals surface area contributed by atoms with Gasteiger partial charge in [-0.15, -0.1) is 6.58 Å². The fourth-order valence-electron chi connectivity index (χ4n) is 1.01. The Morgan fingerprint density at radius 2 is 2.31 bits per heavy atom. The van der Waals surface area contributed by atoms with Crippen LogP contribution in [0.1, 0.15) is 18.1 Å². The maximum Gasteiger partial charge on any atom is 0.0991 e. The van der Waals surface area contributed by atoms with E-state index in [4.69, 9.17) is 16.9 Å². The van der Waals surface area contributed by atoms with E-state index in [0.717, 1.165) is 11.5 Å². The van der Waals surface area contributed by atoms with Crippen LogP contribution < -0.4 is 0 Å². The van der Waals surface area contributed by atoms with Gasteiger partial charge in [0.15, 0.2) is 0 Å². The molecule has 0 saturated carbocycles. The van der Waals surface area contributed by atoms with Crippen molar-refractivity contribution in [3.63, 3.8) is 0 Å². The molecule has 0 saturated heterocycles. The van der Waals surface area contributed by atoms with Crippen molar-refractivity contribution in [2.45, 2.75) is 6.92 Å². The highest BCUT2D eigenvalue weighted by atomic mass is 35.5. The lowest BCUT2D eigenvalue weighted by Gasteiger charge is -2.07. The van der Waals surface area contributed by atoms with Crippen LogP contribution in [0.15, 0.2) is 30.9 Å². The quantitative estimate of drug-likeness (QED) is 0.702. The second-order valence-electron chi connectivity index (χ2n) is 2.69. The van der Waals surface area contributed by atoms with Crippen LogP contribution >= 0.6 is 11.6 Å². The van der Waals surface area contributed by atoms with E-state index in [9.17, 15) is 0 Å². The van der Waals surface area contributed by atoms with Crippen LogP contribution in [-0.2, 0) is 0 Å². The molecule has 1 radical (unpaired) electrons. The van der Waals surface area contributed by atoms with Crippen LogP contribution in [-0.4, -0.2) is 0 Å². The van der Waals surface area contributed by atoms with Gasteiger partial charge in [0.25, 0.3) is 0 Å². The molecule has 1 nitrogen and oxygen atoms in total. The number of allylic oxidation sites excluding steroid dienone is 1. The first-order valence-electron chi connectivity index (χ1n) is 3.85. The molecule has 0 bridgehead atoms. The van der Waals surface area contributed by atoms with Gasteiger partial charge in [-0.3, -0.25) is 0 Å². The fourth-order valence-corrected chi connectivity index (χ4v) is 1.27. The zero-order valence-corrected chi connectivity index (χ0v) is 8.10. The molecule has 0 spiro atoms. The molecule has 2 heteroatoms. The lowest BCUT2D eigenvalue weighted by Crippen LogP contribution is -1.92. The molecule has 0 fully saturated rings. The largest absolute Gasteiger partial charge is 0.192 e. The molecule has 0 unspecified atom stereocenters. The minimum Gasteiger partial charge on any atom is -0.192 e. The third-order valence-electron chi connectivity index (χ3n) is 1.83. The Morgan fingerprint density at radius 1 is 1.62 bits per heavy atom. The Labute approximate surface area is 83.3 Å². The molecular weight excluding hydrogens is 182 g/mol. The lowest BCUT2D eigenvalue weighted by atomic mass is 9.99. The van der Waals surface area contributed by atoms with Crippen molar-refractivity contribution in [2.75, 3.05) is 0 Å². The van der Waals surface area contributed by atoms with Gasteiger partial charge in [-0.25, -0.2) is 0 Å². The van der Waals surface area contributed by atoms with Crippen molar-refractivity contribution in [3.05, 3.63) is 52.9 Å². The van der Waals surface area contributed by atoms with E-state index in [0.29, 0.717) is 10.6 Å². The molecule has 0 aliphatic carbocycles. The Balaban J connectivity index is 3.20. The second kappa shape index (κ2) is 4.11. The Kier molecular flexibility index (Phi) is 3.11. The SMILES string of the molecule is C=C[C](C)c1cc(C#N)ccc1Cl. The van der Waals surface area contributed by atoms with Crippen molar-refractivity contribution < 1.29 is 0 Å². The van der Waals surface area contributed by atoms with E-state index in [2.05, 4.69) is 12.6 Å². The summed E-state index contributed by atoms with van der Waals surface area (Å²) < 4.78 is 0. The third kappa shape index (κ3) is 2.11. The van der Waals surface area contributed by atoms with Gasteiger partial charge in [-0.1, -0.05) is 24.6 Å². The van der Waals surface area contributed by atoms with E-state index in [1.807, 2.05) is 6.92 Å². The summed E-state index contributed by atoms with van der Waals surface area (Å²) >= 11 is 5.95. The van der Waals surface area contributed by atoms with E-state index in [-0.39, 0.29) is 0 Å². The van der Waals surface area contributed by atoms with E-state index in [1.54, 1.807) is 24.3 Å². The first kappa shape index (κ1) is 9.83. The maximum atomic E-state index is 8.68. The highest BCUT2D eigenvalue weighted by molar-refractivity contribution is 6.31. The fraction of sp³-hybridized carbons (Fsp3) is 0.0909. The second-order valence-corrected chi connectivity index (χ2v) is 3.10. The summed E-state index contributed by atoms with van der Waals surface area (Å²) in [4.78, 5) is 0. The van der Waals surface area contributed by atoms with Crippen molar-refractivity contribution in [2.24, 2.45) is 0 Å². The molecule has 1 aromatic carbocycles. The molecule has 0 heterocycles. The summed E-state index contributed by atoms with van der Waals surface area (Å²) in [6, 6.07) is 7.25. The van der Waals surface area contributed by atoms with Gasteiger partial charge in [-0.05, 0) is 23.8 Å². The maximum absolute atomic E-state index is 8.68. The molecule has 13 heavy (non-hydrogen) atoms. The van der Waals surface area contributed by atoms with Gasteiger partial charge in [-0.2, -0.15) is 5.26 Å². The smallest absolute Gasteiger partial charge is 0.0991 e. The van der Waals surface area contributed by atoms with E-state index >= 15 is 0 Å². The van der Waals surface area contributed by atoms with Gasteiger partial charge in [0.2, 0.25) is 0 Å². The van der Waals surface area contributed by atoms with Crippen LogP contribution in [0.25, 0.3) is 0 Å². The predicted octanol–water partition coefficient (Wildman–Crippen LogP) is 3.34. The number of benzene rings is 1. The Bertz CT molecular complexity index is 363. The molecule has 1 rings (SSSR count). The number of nitriles is 1. The zero-order chi connectivity index (χ0) is 9.84. The van der Waals surface area contributed by atoms with Gasteiger partial charge in [0.1, 0.15) is 0 Å². The molecule has 65 valence electrons. The van der Waals surface area contributed by atoms with Crippen LogP contribution in [0, 0.1) is 17.2 Å². The molecule has 1 aromatic rings. The van der Waals surface area contributed by atoms with Crippen molar-refractivity contribution in [3.8, 4) is 6.07 Å². The topological polar surface area (TPSA) is 23.8 Å². The van der Waals surface area contributed by atoms with Gasteiger partial charge in [0, 0.05) is 10.9 Å². The molecule has 0 aliphatic rings. The number of halogens is 1. The molecule has 0 atom stereocenters. The average Bonchev–Trinajstić information content (AvgIpc) is 2.17. The lowest BCUT2D eigenvalue weighted by molar-refractivity contribution is 1.25. The van der Waals surface area contributed by atoms with Gasteiger partial charge < -0.3 is 0 Å². The first-order chi connectivity index (χ1) is 6.19. The number of nitrogens with zero attached hydrogens (tertiary/aromatic N) is 1. The van der Waals surface area contributed by atoms with E-state index in [1.165, 1.54) is 0 Å². The molecule has 0 N–H and O–H groups in total. The van der Waals surface area contributed by atoms with Crippen molar-refractivity contribution >= 4 is 11.6 Å². The standard InChI is InChI=1S/C11H9ClN/c1-3-8(2)10-6-9(7-13)4-5-11(10)12/h3-6H,1H2,2H3. The van der Waals surface area contributed by atoms with Crippen LogP contribution in [0.3, 0.4) is 0 Å². The molecule has 0 aliphatic heterocycles. The minimum absolute atomic E-state index is 0.612. The van der Waals surface area contributed by atoms with Gasteiger partial charge in [0.05, 0.1) is 11.6 Å². The van der Waals surface area contributed by atoms with Gasteiger partial charge >= 0.3 is 0 Å². The summed E-state index contributed by atoms with van der Waals surface area (Å²) in [5.41, 5.74) is 1.48. The molecular formula is C11H9ClN. The van der Waals surface area contributed by atoms with Crippen LogP contribution in [0.4, 0.5) is 0 Å². The van der Waals surface area contributed by atoms with Crippen LogP contribution in [0.2, 0.25) is 5.02 Å². The number of hydrogen-bond donors (Lipinski definition) is 0. The predicted molar refractivity (Wildman–Crippen MR) is 54.4 cm³/mol. The third-order valence-corrected chi connectivity index (χ3v) is 2.16. The number of hydrogen-bond acceptors (Lipinski definition) is 1. The first-order valence-corrected chi connectivity index (χ1v) is 4.23. The summed E-state index contributed by atoms with van der Waals surface area (Å²) in [5, 5.41) is 9.33.